The Kier molecular flexibility index (Phi) is 7.66. The molecule has 2 amide bonds. The summed E-state index contributed by atoms with van der Waals surface area (Å²) < 4.78 is 10.1. The Morgan fingerprint density at radius 2 is 1.46 bits per heavy atom. The number of rotatable bonds is 4. The van der Waals surface area contributed by atoms with Crippen molar-refractivity contribution in [2.24, 2.45) is 10.8 Å². The van der Waals surface area contributed by atoms with Gasteiger partial charge in [-0.3, -0.25) is 0 Å². The maximum absolute atomic E-state index is 12.0. The topological polar surface area (TPSA) is 94.2 Å². The molecule has 0 fully saturated rings. The normalized spacial score (nSPS) is 10.9. The van der Waals surface area contributed by atoms with Crippen LogP contribution in [0.4, 0.5) is 9.59 Å². The van der Waals surface area contributed by atoms with E-state index in [0.29, 0.717) is 5.01 Å². The summed E-state index contributed by atoms with van der Waals surface area (Å²) in [5.41, 5.74) is 1.65. The fraction of sp³-hybridized carbons (Fsp3) is 0.167. The number of thioether (sulfide) groups is 1. The van der Waals surface area contributed by atoms with Gasteiger partial charge in [0.2, 0.25) is 0 Å². The van der Waals surface area contributed by atoms with Crippen LogP contribution < -0.4 is 5.84 Å². The summed E-state index contributed by atoms with van der Waals surface area (Å²) in [7, 11) is 0. The van der Waals surface area contributed by atoms with Crippen LogP contribution in [-0.2, 0) is 22.7 Å². The number of nitrogens with zero attached hydrogens (tertiary/aromatic N) is 2. The number of carbonyl (C=O) groups is 2. The van der Waals surface area contributed by atoms with Gasteiger partial charge in [0.15, 0.2) is 5.17 Å². The van der Waals surface area contributed by atoms with Gasteiger partial charge in [-0.05, 0) is 17.4 Å². The van der Waals surface area contributed by atoms with Crippen LogP contribution >= 0.6 is 11.8 Å². The van der Waals surface area contributed by atoms with Crippen molar-refractivity contribution in [3.05, 3.63) is 71.8 Å². The molecule has 26 heavy (non-hydrogen) atoms. The van der Waals surface area contributed by atoms with E-state index in [9.17, 15) is 9.59 Å². The molecule has 7 nitrogen and oxygen atoms in total. The summed E-state index contributed by atoms with van der Waals surface area (Å²) >= 11 is 1.03. The van der Waals surface area contributed by atoms with Gasteiger partial charge >= 0.3 is 12.2 Å². The van der Waals surface area contributed by atoms with Gasteiger partial charge in [-0.1, -0.05) is 72.4 Å². The van der Waals surface area contributed by atoms with Gasteiger partial charge in [0.05, 0.1) is 0 Å². The molecule has 0 radical (unpaired) electrons. The minimum Gasteiger partial charge on any atom is -0.443 e. The second-order valence-electron chi connectivity index (χ2n) is 5.05. The molecular weight excluding hydrogens is 354 g/mol. The lowest BCUT2D eigenvalue weighted by molar-refractivity contribution is 0.116. The van der Waals surface area contributed by atoms with Crippen LogP contribution in [0, 0.1) is 0 Å². The van der Waals surface area contributed by atoms with Gasteiger partial charge in [0, 0.05) is 0 Å². The van der Waals surface area contributed by atoms with Crippen molar-refractivity contribution < 1.29 is 19.1 Å². The minimum atomic E-state index is -0.843. The van der Waals surface area contributed by atoms with Crippen molar-refractivity contribution in [2.45, 2.75) is 13.2 Å². The van der Waals surface area contributed by atoms with E-state index in [0.717, 1.165) is 22.9 Å². The zero-order chi connectivity index (χ0) is 18.8. The third kappa shape index (κ3) is 6.23. The van der Waals surface area contributed by atoms with Crippen LogP contribution in [0.2, 0.25) is 0 Å². The highest BCUT2D eigenvalue weighted by atomic mass is 32.2. The first-order valence-electron chi connectivity index (χ1n) is 7.69. The predicted octanol–water partition coefficient (Wildman–Crippen LogP) is 3.55. The average molecular weight is 373 g/mol. The summed E-state index contributed by atoms with van der Waals surface area (Å²) in [6, 6.07) is 18.3. The lowest BCUT2D eigenvalue weighted by Crippen LogP contribution is -2.41. The molecule has 2 N–H and O–H groups in total. The van der Waals surface area contributed by atoms with Gasteiger partial charge < -0.3 is 9.47 Å². The molecular formula is C18H19N3O4S. The molecule has 0 aliphatic heterocycles. The molecule has 0 bridgehead atoms. The summed E-state index contributed by atoms with van der Waals surface area (Å²) in [6.07, 6.45) is -0.0319. The van der Waals surface area contributed by atoms with E-state index in [-0.39, 0.29) is 18.4 Å². The molecule has 0 spiro atoms. The van der Waals surface area contributed by atoms with Crippen molar-refractivity contribution in [1.82, 2.24) is 5.01 Å². The molecule has 0 aromatic heterocycles. The SMILES string of the molecule is CSC(=NC(=O)OCc1ccccc1)N(N)C(=O)OCc1ccccc1. The Bertz CT molecular complexity index is 754. The summed E-state index contributed by atoms with van der Waals surface area (Å²) in [5, 5.41) is 0.651. The molecule has 0 saturated heterocycles. The maximum atomic E-state index is 12.0. The highest BCUT2D eigenvalue weighted by Gasteiger charge is 2.19. The highest BCUT2D eigenvalue weighted by Crippen LogP contribution is 2.08. The van der Waals surface area contributed by atoms with E-state index in [1.54, 1.807) is 6.26 Å². The molecule has 0 aliphatic carbocycles. The second kappa shape index (κ2) is 10.2. The lowest BCUT2D eigenvalue weighted by Gasteiger charge is -2.16. The van der Waals surface area contributed by atoms with E-state index >= 15 is 0 Å². The van der Waals surface area contributed by atoms with Crippen molar-refractivity contribution in [3.8, 4) is 0 Å². The third-order valence-corrected chi connectivity index (χ3v) is 3.84. The number of hydrogen-bond donors (Lipinski definition) is 1. The third-order valence-electron chi connectivity index (χ3n) is 3.18. The molecule has 0 heterocycles. The number of benzene rings is 2. The fourth-order valence-electron chi connectivity index (χ4n) is 1.89. The maximum Gasteiger partial charge on any atom is 0.436 e. The Morgan fingerprint density at radius 3 is 1.96 bits per heavy atom. The molecule has 2 aromatic rings. The first-order chi connectivity index (χ1) is 12.6. The van der Waals surface area contributed by atoms with E-state index < -0.39 is 12.2 Å². The number of ether oxygens (including phenoxy) is 2. The number of amides is 2. The number of amidine groups is 1. The van der Waals surface area contributed by atoms with E-state index in [4.69, 9.17) is 15.3 Å². The molecule has 8 heteroatoms. The zero-order valence-electron chi connectivity index (χ0n) is 14.2. The molecule has 136 valence electrons. The number of hydrazine groups is 1. The Balaban J connectivity index is 1.89. The standard InChI is InChI=1S/C18H19N3O4S/c1-26-16(20-17(22)24-12-14-8-4-2-5-9-14)21(19)18(23)25-13-15-10-6-3-7-11-15/h2-11H,12-13,19H2,1H3. The van der Waals surface area contributed by atoms with Crippen LogP contribution in [-0.4, -0.2) is 28.6 Å². The van der Waals surface area contributed by atoms with Crippen molar-refractivity contribution in [1.29, 1.82) is 0 Å². The Morgan fingerprint density at radius 1 is 0.962 bits per heavy atom. The van der Waals surface area contributed by atoms with Crippen LogP contribution in [0.1, 0.15) is 11.1 Å². The van der Waals surface area contributed by atoms with E-state index in [2.05, 4.69) is 4.99 Å². The first-order valence-corrected chi connectivity index (χ1v) is 8.91. The van der Waals surface area contributed by atoms with Gasteiger partial charge in [-0.15, -0.1) is 4.99 Å². The molecule has 0 saturated carbocycles. The van der Waals surface area contributed by atoms with Gasteiger partial charge in [0.25, 0.3) is 0 Å². The lowest BCUT2D eigenvalue weighted by atomic mass is 10.2. The van der Waals surface area contributed by atoms with Gasteiger partial charge in [0.1, 0.15) is 13.2 Å². The minimum absolute atomic E-state index is 0.0267. The largest absolute Gasteiger partial charge is 0.443 e. The highest BCUT2D eigenvalue weighted by molar-refractivity contribution is 8.13. The summed E-state index contributed by atoms with van der Waals surface area (Å²) in [5.74, 6) is 5.69. The van der Waals surface area contributed by atoms with E-state index in [1.165, 1.54) is 0 Å². The number of aliphatic imine (C=N–C) groups is 1. The number of carbonyl (C=O) groups excluding carboxylic acids is 2. The Hall–Kier alpha value is -2.84. The molecule has 0 unspecified atom stereocenters. The predicted molar refractivity (Wildman–Crippen MR) is 100 cm³/mol. The fourth-order valence-corrected chi connectivity index (χ4v) is 2.33. The molecule has 2 aromatic carbocycles. The molecule has 0 aliphatic rings. The second-order valence-corrected chi connectivity index (χ2v) is 5.82. The molecule has 0 atom stereocenters. The monoisotopic (exact) mass is 373 g/mol. The van der Waals surface area contributed by atoms with Gasteiger partial charge in [-0.2, -0.15) is 5.01 Å². The number of hydrogen-bond acceptors (Lipinski definition) is 6. The van der Waals surface area contributed by atoms with Crippen LogP contribution in [0.15, 0.2) is 65.7 Å². The Labute approximate surface area is 155 Å². The quantitative estimate of drug-likeness (QED) is 0.290. The van der Waals surface area contributed by atoms with E-state index in [1.807, 2.05) is 60.7 Å². The first kappa shape index (κ1) is 19.5. The zero-order valence-corrected chi connectivity index (χ0v) is 15.0. The van der Waals surface area contributed by atoms with Gasteiger partial charge in [-0.25, -0.2) is 15.4 Å². The summed E-state index contributed by atoms with van der Waals surface area (Å²) in [4.78, 5) is 27.5. The smallest absolute Gasteiger partial charge is 0.436 e. The molecule has 2 rings (SSSR count). The van der Waals surface area contributed by atoms with Crippen LogP contribution in [0.3, 0.4) is 0 Å². The van der Waals surface area contributed by atoms with Crippen molar-refractivity contribution in [2.75, 3.05) is 6.26 Å². The summed E-state index contributed by atoms with van der Waals surface area (Å²) in [6.45, 7) is 0.140. The van der Waals surface area contributed by atoms with Crippen LogP contribution in [0.5, 0.6) is 0 Å². The average Bonchev–Trinajstić information content (AvgIpc) is 2.69. The van der Waals surface area contributed by atoms with Crippen molar-refractivity contribution >= 4 is 29.1 Å². The number of nitrogens with two attached hydrogens (primary N) is 1. The van der Waals surface area contributed by atoms with Crippen molar-refractivity contribution in [3.63, 3.8) is 0 Å². The van der Waals surface area contributed by atoms with Crippen LogP contribution in [0.25, 0.3) is 0 Å².